The van der Waals surface area contributed by atoms with Crippen LogP contribution in [0.5, 0.6) is 5.75 Å². The highest BCUT2D eigenvalue weighted by Gasteiger charge is 2.27. The maximum atomic E-state index is 14.1. The van der Waals surface area contributed by atoms with Crippen molar-refractivity contribution in [2.45, 2.75) is 58.9 Å². The molecule has 1 saturated carbocycles. The second-order valence-corrected chi connectivity index (χ2v) is 10.9. The first-order chi connectivity index (χ1) is 18.8. The number of benzene rings is 2. The summed E-state index contributed by atoms with van der Waals surface area (Å²) in [6.07, 6.45) is 3.88. The van der Waals surface area contributed by atoms with E-state index in [1.54, 1.807) is 17.9 Å². The van der Waals surface area contributed by atoms with Crippen molar-refractivity contribution in [1.82, 2.24) is 9.55 Å². The number of ether oxygens (including phenoxy) is 1. The van der Waals surface area contributed by atoms with Crippen LogP contribution in [0.25, 0.3) is 22.2 Å². The molecule has 1 fully saturated rings. The Labute approximate surface area is 229 Å². The fourth-order valence-corrected chi connectivity index (χ4v) is 5.16. The second-order valence-electron chi connectivity index (χ2n) is 10.9. The Morgan fingerprint density at radius 3 is 2.28 bits per heavy atom. The molecule has 1 aliphatic rings. The zero-order valence-electron chi connectivity index (χ0n) is 23.2. The number of urea groups is 1. The lowest BCUT2D eigenvalue weighted by Crippen LogP contribution is -2.30. The maximum absolute atomic E-state index is 14.1. The lowest BCUT2D eigenvalue weighted by molar-refractivity contribution is 0.262. The fraction of sp³-hybridized carbons (Fsp3) is 0.344. The van der Waals surface area contributed by atoms with E-state index < -0.39 is 6.03 Å². The number of aromatic nitrogens is 2. The number of fused-ring (bicyclic) bond motifs is 1. The average Bonchev–Trinajstić information content (AvgIpc) is 3.75. The lowest BCUT2D eigenvalue weighted by Gasteiger charge is -2.22. The van der Waals surface area contributed by atoms with Gasteiger partial charge < -0.3 is 15.4 Å². The molecule has 5 rings (SSSR count). The number of carbonyl (C=O) groups excluding carboxylic acids is 1. The van der Waals surface area contributed by atoms with Crippen molar-refractivity contribution in [2.24, 2.45) is 5.92 Å². The van der Waals surface area contributed by atoms with Gasteiger partial charge in [0.1, 0.15) is 17.1 Å². The van der Waals surface area contributed by atoms with Crippen molar-refractivity contribution in [3.05, 3.63) is 82.3 Å². The van der Waals surface area contributed by atoms with E-state index in [0.717, 1.165) is 40.6 Å². The molecule has 7 nitrogen and oxygen atoms in total. The van der Waals surface area contributed by atoms with Crippen LogP contribution in [0.1, 0.15) is 63.5 Å². The molecule has 0 radical (unpaired) electrons. The van der Waals surface area contributed by atoms with Gasteiger partial charge in [-0.2, -0.15) is 0 Å². The van der Waals surface area contributed by atoms with Crippen molar-refractivity contribution in [2.75, 3.05) is 17.7 Å². The first kappa shape index (κ1) is 26.5. The number of amides is 2. The first-order valence-corrected chi connectivity index (χ1v) is 13.6. The number of hydrogen-bond acceptors (Lipinski definition) is 4. The zero-order valence-corrected chi connectivity index (χ0v) is 23.2. The van der Waals surface area contributed by atoms with Gasteiger partial charge in [0, 0.05) is 29.4 Å². The number of methoxy groups -OCH3 is 1. The minimum absolute atomic E-state index is 0.217. The number of carbonyl (C=O) groups is 1. The number of rotatable bonds is 8. The third-order valence-corrected chi connectivity index (χ3v) is 7.37. The van der Waals surface area contributed by atoms with Crippen LogP contribution in [0.3, 0.4) is 0 Å². The first-order valence-electron chi connectivity index (χ1n) is 13.6. The number of para-hydroxylation sites is 1. The molecular weight excluding hydrogens is 488 g/mol. The van der Waals surface area contributed by atoms with Crippen molar-refractivity contribution in [1.29, 1.82) is 0 Å². The summed E-state index contributed by atoms with van der Waals surface area (Å²) in [6, 6.07) is 17.0. The molecule has 2 N–H and O–H groups in total. The van der Waals surface area contributed by atoms with E-state index in [-0.39, 0.29) is 23.1 Å². The Hall–Kier alpha value is -4.13. The Bertz CT molecular complexity index is 1560. The molecule has 202 valence electrons. The molecule has 7 heteroatoms. The van der Waals surface area contributed by atoms with Gasteiger partial charge in [0.25, 0.3) is 5.56 Å². The summed E-state index contributed by atoms with van der Waals surface area (Å²) in [5.41, 5.74) is 4.89. The third-order valence-electron chi connectivity index (χ3n) is 7.37. The molecule has 2 heterocycles. The van der Waals surface area contributed by atoms with Gasteiger partial charge in [-0.15, -0.1) is 0 Å². The van der Waals surface area contributed by atoms with Crippen molar-refractivity contribution in [3.8, 4) is 16.9 Å². The van der Waals surface area contributed by atoms with E-state index >= 15 is 0 Å². The molecule has 2 amide bonds. The number of hydrogen-bond donors (Lipinski definition) is 2. The lowest BCUT2D eigenvalue weighted by atomic mass is 9.93. The highest BCUT2D eigenvalue weighted by Crippen LogP contribution is 2.37. The summed E-state index contributed by atoms with van der Waals surface area (Å²) in [6.45, 7) is 9.01. The van der Waals surface area contributed by atoms with Crippen LogP contribution in [0.2, 0.25) is 0 Å². The van der Waals surface area contributed by atoms with Gasteiger partial charge in [-0.05, 0) is 71.6 Å². The van der Waals surface area contributed by atoms with Gasteiger partial charge in [-0.3, -0.25) is 9.36 Å². The summed E-state index contributed by atoms with van der Waals surface area (Å²) >= 11 is 0. The van der Waals surface area contributed by atoms with Crippen LogP contribution < -0.4 is 20.9 Å². The predicted molar refractivity (Wildman–Crippen MR) is 158 cm³/mol. The highest BCUT2D eigenvalue weighted by atomic mass is 16.5. The molecule has 0 aliphatic heterocycles. The zero-order chi connectivity index (χ0) is 27.7. The third kappa shape index (κ3) is 5.39. The van der Waals surface area contributed by atoms with E-state index in [4.69, 9.17) is 4.74 Å². The van der Waals surface area contributed by atoms with Crippen LogP contribution in [-0.2, 0) is 6.54 Å². The number of pyridine rings is 2. The van der Waals surface area contributed by atoms with E-state index in [1.807, 2.05) is 54.6 Å². The highest BCUT2D eigenvalue weighted by molar-refractivity contribution is 6.07. The van der Waals surface area contributed by atoms with Gasteiger partial charge in [0.05, 0.1) is 7.11 Å². The molecular formula is C32H36N4O3. The average molecular weight is 525 g/mol. The van der Waals surface area contributed by atoms with E-state index in [9.17, 15) is 9.59 Å². The minimum atomic E-state index is -0.451. The molecule has 2 aromatic heterocycles. The number of nitrogens with one attached hydrogen (secondary N) is 2. The molecule has 2 aromatic carbocycles. The number of nitrogens with zero attached hydrogens (tertiary/aromatic N) is 2. The molecule has 0 spiro atoms. The molecule has 4 aromatic rings. The standard InChI is InChI=1S/C32H36N4O3/c1-19(2)24-11-7-12-25(20(3)4)28(24)34-32(38)35-29-27(22-9-6-10-23(17-22)39-5)26-13-8-16-33-30(26)36(31(29)37)18-21-14-15-21/h6-13,16-17,19-21H,14-15,18H2,1-5H3,(H2,34,35,38). The predicted octanol–water partition coefficient (Wildman–Crippen LogP) is 7.37. The van der Waals surface area contributed by atoms with Gasteiger partial charge in [-0.1, -0.05) is 58.0 Å². The summed E-state index contributed by atoms with van der Waals surface area (Å²) in [5.74, 6) is 1.54. The van der Waals surface area contributed by atoms with Crippen LogP contribution in [0.4, 0.5) is 16.2 Å². The van der Waals surface area contributed by atoms with Gasteiger partial charge in [-0.25, -0.2) is 9.78 Å². The van der Waals surface area contributed by atoms with E-state index in [0.29, 0.717) is 29.4 Å². The summed E-state index contributed by atoms with van der Waals surface area (Å²) in [4.78, 5) is 32.3. The summed E-state index contributed by atoms with van der Waals surface area (Å²) in [5, 5.41) is 6.87. The van der Waals surface area contributed by atoms with Crippen LogP contribution in [0.15, 0.2) is 65.6 Å². The minimum Gasteiger partial charge on any atom is -0.497 e. The maximum Gasteiger partial charge on any atom is 0.323 e. The van der Waals surface area contributed by atoms with Crippen molar-refractivity contribution in [3.63, 3.8) is 0 Å². The smallest absolute Gasteiger partial charge is 0.323 e. The van der Waals surface area contributed by atoms with Crippen LogP contribution >= 0.6 is 0 Å². The van der Waals surface area contributed by atoms with E-state index in [1.165, 1.54) is 0 Å². The van der Waals surface area contributed by atoms with Crippen molar-refractivity contribution < 1.29 is 9.53 Å². The Balaban J connectivity index is 1.66. The summed E-state index contributed by atoms with van der Waals surface area (Å²) in [7, 11) is 1.61. The Kier molecular flexibility index (Phi) is 7.42. The van der Waals surface area contributed by atoms with E-state index in [2.05, 4.69) is 43.3 Å². The quantitative estimate of drug-likeness (QED) is 0.252. The summed E-state index contributed by atoms with van der Waals surface area (Å²) < 4.78 is 7.19. The molecule has 0 unspecified atom stereocenters. The largest absolute Gasteiger partial charge is 0.497 e. The van der Waals surface area contributed by atoms with Crippen LogP contribution in [0, 0.1) is 5.92 Å². The molecule has 39 heavy (non-hydrogen) atoms. The van der Waals surface area contributed by atoms with Gasteiger partial charge in [0.2, 0.25) is 0 Å². The molecule has 1 aliphatic carbocycles. The molecule has 0 atom stereocenters. The molecule has 0 saturated heterocycles. The second kappa shape index (κ2) is 10.9. The number of anilines is 2. The van der Waals surface area contributed by atoms with Crippen molar-refractivity contribution >= 4 is 28.4 Å². The monoisotopic (exact) mass is 524 g/mol. The molecule has 0 bridgehead atoms. The van der Waals surface area contributed by atoms with Crippen LogP contribution in [-0.4, -0.2) is 22.7 Å². The Morgan fingerprint density at radius 2 is 1.64 bits per heavy atom. The van der Waals surface area contributed by atoms with Gasteiger partial charge in [0.15, 0.2) is 0 Å². The normalized spacial score (nSPS) is 13.2. The SMILES string of the molecule is COc1cccc(-c2c(NC(=O)Nc3c(C(C)C)cccc3C(C)C)c(=O)n(CC3CC3)c3ncccc23)c1. The topological polar surface area (TPSA) is 85.3 Å². The van der Waals surface area contributed by atoms with Gasteiger partial charge >= 0.3 is 6.03 Å². The fourth-order valence-electron chi connectivity index (χ4n) is 5.16. The Morgan fingerprint density at radius 1 is 0.974 bits per heavy atom.